The van der Waals surface area contributed by atoms with Gasteiger partial charge < -0.3 is 15.4 Å². The number of likely N-dealkylation sites (N-methyl/N-ethyl adjacent to an activating group) is 1. The molecule has 0 saturated carbocycles. The number of carbonyl (C=O) groups excluding carboxylic acids is 1. The van der Waals surface area contributed by atoms with Crippen molar-refractivity contribution < 1.29 is 9.53 Å². The van der Waals surface area contributed by atoms with E-state index in [2.05, 4.69) is 10.6 Å². The lowest BCUT2D eigenvalue weighted by Gasteiger charge is -2.36. The van der Waals surface area contributed by atoms with Crippen molar-refractivity contribution in [2.75, 3.05) is 26.8 Å². The average Bonchev–Trinajstić information content (AvgIpc) is 2.53. The van der Waals surface area contributed by atoms with Crippen molar-refractivity contribution in [3.05, 3.63) is 34.9 Å². The second kappa shape index (κ2) is 8.73. The van der Waals surface area contributed by atoms with Crippen LogP contribution in [0.15, 0.2) is 24.3 Å². The van der Waals surface area contributed by atoms with Gasteiger partial charge in [-0.1, -0.05) is 23.7 Å². The highest BCUT2D eigenvalue weighted by Gasteiger charge is 2.41. The van der Waals surface area contributed by atoms with Crippen molar-refractivity contribution in [1.29, 1.82) is 0 Å². The Balaban J connectivity index is 0.00000242. The third kappa shape index (κ3) is 4.35. The van der Waals surface area contributed by atoms with Gasteiger partial charge in [0.2, 0.25) is 5.91 Å². The highest BCUT2D eigenvalue weighted by atomic mass is 35.5. The zero-order valence-corrected chi connectivity index (χ0v) is 14.6. The summed E-state index contributed by atoms with van der Waals surface area (Å²) < 4.78 is 5.45. The first kappa shape index (κ1) is 19.2. The van der Waals surface area contributed by atoms with E-state index in [4.69, 9.17) is 16.3 Å². The van der Waals surface area contributed by atoms with Crippen LogP contribution in [0.3, 0.4) is 0 Å². The first-order valence-electron chi connectivity index (χ1n) is 7.38. The van der Waals surface area contributed by atoms with E-state index in [9.17, 15) is 4.79 Å². The number of amides is 1. The van der Waals surface area contributed by atoms with Crippen molar-refractivity contribution in [2.24, 2.45) is 0 Å². The van der Waals surface area contributed by atoms with E-state index >= 15 is 0 Å². The van der Waals surface area contributed by atoms with Gasteiger partial charge >= 0.3 is 0 Å². The zero-order valence-electron chi connectivity index (χ0n) is 13.0. The Hall–Kier alpha value is -0.810. The first-order chi connectivity index (χ1) is 10.1. The molecule has 1 aliphatic heterocycles. The highest BCUT2D eigenvalue weighted by Crippen LogP contribution is 2.35. The van der Waals surface area contributed by atoms with Crippen LogP contribution >= 0.6 is 24.0 Å². The van der Waals surface area contributed by atoms with Gasteiger partial charge in [0.1, 0.15) is 0 Å². The van der Waals surface area contributed by atoms with Crippen LogP contribution in [0.5, 0.6) is 0 Å². The summed E-state index contributed by atoms with van der Waals surface area (Å²) in [6.07, 6.45) is 1.41. The molecule has 1 saturated heterocycles. The summed E-state index contributed by atoms with van der Waals surface area (Å²) in [5.74, 6) is 0.0789. The van der Waals surface area contributed by atoms with E-state index in [1.807, 2.05) is 38.2 Å². The number of rotatable bonds is 5. The lowest BCUT2D eigenvalue weighted by atomic mass is 9.73. The Kier molecular flexibility index (Phi) is 7.63. The number of benzene rings is 1. The Morgan fingerprint density at radius 2 is 1.91 bits per heavy atom. The fourth-order valence-corrected chi connectivity index (χ4v) is 2.78. The predicted molar refractivity (Wildman–Crippen MR) is 92.0 cm³/mol. The molecule has 1 unspecified atom stereocenters. The van der Waals surface area contributed by atoms with E-state index < -0.39 is 5.41 Å². The lowest BCUT2D eigenvalue weighted by Crippen LogP contribution is -2.50. The minimum Gasteiger partial charge on any atom is -0.381 e. The van der Waals surface area contributed by atoms with Crippen molar-refractivity contribution >= 4 is 29.9 Å². The largest absolute Gasteiger partial charge is 0.381 e. The third-order valence-corrected chi connectivity index (χ3v) is 4.49. The number of nitrogens with one attached hydrogen (secondary N) is 2. The van der Waals surface area contributed by atoms with Crippen LogP contribution in [0.1, 0.15) is 25.3 Å². The quantitative estimate of drug-likeness (QED) is 0.861. The Morgan fingerprint density at radius 1 is 1.32 bits per heavy atom. The van der Waals surface area contributed by atoms with E-state index in [0.29, 0.717) is 37.6 Å². The minimum absolute atomic E-state index is 0. The summed E-state index contributed by atoms with van der Waals surface area (Å²) >= 11 is 5.96. The molecule has 124 valence electrons. The Labute approximate surface area is 143 Å². The molecule has 1 aliphatic rings. The van der Waals surface area contributed by atoms with Crippen molar-refractivity contribution in [2.45, 2.75) is 31.2 Å². The SMILES string of the molecule is CNC(C)CNC(=O)C1(c2ccc(Cl)cc2)CCOCC1.Cl. The summed E-state index contributed by atoms with van der Waals surface area (Å²) in [5, 5.41) is 6.88. The number of halogens is 2. The second-order valence-electron chi connectivity index (χ2n) is 5.60. The topological polar surface area (TPSA) is 50.4 Å². The van der Waals surface area contributed by atoms with E-state index in [1.165, 1.54) is 0 Å². The van der Waals surface area contributed by atoms with Crippen LogP contribution in [0, 0.1) is 0 Å². The van der Waals surface area contributed by atoms with Gasteiger partial charge in [-0.15, -0.1) is 12.4 Å². The molecule has 4 nitrogen and oxygen atoms in total. The molecule has 1 aromatic carbocycles. The van der Waals surface area contributed by atoms with Crippen LogP contribution < -0.4 is 10.6 Å². The Morgan fingerprint density at radius 3 is 2.45 bits per heavy atom. The fourth-order valence-electron chi connectivity index (χ4n) is 2.65. The summed E-state index contributed by atoms with van der Waals surface area (Å²) in [7, 11) is 1.89. The van der Waals surface area contributed by atoms with Crippen LogP contribution in [-0.4, -0.2) is 38.8 Å². The monoisotopic (exact) mass is 346 g/mol. The number of hydrogen-bond acceptors (Lipinski definition) is 3. The highest BCUT2D eigenvalue weighted by molar-refractivity contribution is 6.30. The molecule has 1 amide bonds. The molecule has 22 heavy (non-hydrogen) atoms. The maximum Gasteiger partial charge on any atom is 0.230 e. The van der Waals surface area contributed by atoms with E-state index in [0.717, 1.165) is 5.56 Å². The summed E-state index contributed by atoms with van der Waals surface area (Å²) in [6, 6.07) is 7.84. The molecule has 0 aliphatic carbocycles. The molecular weight excluding hydrogens is 323 g/mol. The normalized spacial score (nSPS) is 18.1. The second-order valence-corrected chi connectivity index (χ2v) is 6.04. The maximum atomic E-state index is 12.8. The van der Waals surface area contributed by atoms with Gasteiger partial charge in [-0.25, -0.2) is 0 Å². The van der Waals surface area contributed by atoms with Gasteiger partial charge in [-0.05, 0) is 44.5 Å². The van der Waals surface area contributed by atoms with Gasteiger partial charge in [0.25, 0.3) is 0 Å². The van der Waals surface area contributed by atoms with Gasteiger partial charge in [0, 0.05) is 30.8 Å². The lowest BCUT2D eigenvalue weighted by molar-refractivity contribution is -0.130. The Bertz CT molecular complexity index is 474. The van der Waals surface area contributed by atoms with Gasteiger partial charge in [0.05, 0.1) is 5.41 Å². The predicted octanol–water partition coefficient (Wildman–Crippen LogP) is 2.53. The van der Waals surface area contributed by atoms with Gasteiger partial charge in [-0.3, -0.25) is 4.79 Å². The molecule has 0 aromatic heterocycles. The molecule has 2 N–H and O–H groups in total. The number of carbonyl (C=O) groups is 1. The molecule has 1 fully saturated rings. The smallest absolute Gasteiger partial charge is 0.230 e. The molecule has 1 heterocycles. The zero-order chi connectivity index (χ0) is 15.3. The number of ether oxygens (including phenoxy) is 1. The summed E-state index contributed by atoms with van der Waals surface area (Å²) in [6.45, 7) is 3.88. The van der Waals surface area contributed by atoms with Crippen LogP contribution in [-0.2, 0) is 14.9 Å². The standard InChI is InChI=1S/C16H23ClN2O2.ClH/c1-12(18-2)11-19-15(20)16(7-9-21-10-8-16)13-3-5-14(17)6-4-13;/h3-6,12,18H,7-11H2,1-2H3,(H,19,20);1H. The van der Waals surface area contributed by atoms with E-state index in [1.54, 1.807) is 0 Å². The molecule has 0 radical (unpaired) electrons. The molecule has 2 rings (SSSR count). The van der Waals surface area contributed by atoms with Gasteiger partial charge in [-0.2, -0.15) is 0 Å². The molecule has 0 spiro atoms. The van der Waals surface area contributed by atoms with Crippen molar-refractivity contribution in [3.8, 4) is 0 Å². The maximum absolute atomic E-state index is 12.8. The fraction of sp³-hybridized carbons (Fsp3) is 0.562. The van der Waals surface area contributed by atoms with Crippen LogP contribution in [0.2, 0.25) is 5.02 Å². The molecular formula is C16H24Cl2N2O2. The number of hydrogen-bond donors (Lipinski definition) is 2. The third-order valence-electron chi connectivity index (χ3n) is 4.24. The van der Waals surface area contributed by atoms with Gasteiger partial charge in [0.15, 0.2) is 0 Å². The van der Waals surface area contributed by atoms with Crippen LogP contribution in [0.25, 0.3) is 0 Å². The molecule has 6 heteroatoms. The summed E-state index contributed by atoms with van der Waals surface area (Å²) in [4.78, 5) is 12.8. The molecule has 1 aromatic rings. The van der Waals surface area contributed by atoms with Crippen molar-refractivity contribution in [3.63, 3.8) is 0 Å². The van der Waals surface area contributed by atoms with E-state index in [-0.39, 0.29) is 24.4 Å². The van der Waals surface area contributed by atoms with Crippen molar-refractivity contribution in [1.82, 2.24) is 10.6 Å². The average molecular weight is 347 g/mol. The minimum atomic E-state index is -0.504. The molecule has 1 atom stereocenters. The summed E-state index contributed by atoms with van der Waals surface area (Å²) in [5.41, 5.74) is 0.515. The van der Waals surface area contributed by atoms with Crippen LogP contribution in [0.4, 0.5) is 0 Å². The molecule has 0 bridgehead atoms. The first-order valence-corrected chi connectivity index (χ1v) is 7.75.